The highest BCUT2D eigenvalue weighted by Gasteiger charge is 2.41. The summed E-state index contributed by atoms with van der Waals surface area (Å²) in [5.41, 5.74) is -0.305. The van der Waals surface area contributed by atoms with Gasteiger partial charge in [-0.25, -0.2) is 9.67 Å². The van der Waals surface area contributed by atoms with Gasteiger partial charge in [0.05, 0.1) is 12.0 Å². The van der Waals surface area contributed by atoms with E-state index in [9.17, 15) is 4.79 Å². The fraction of sp³-hybridized carbons (Fsp3) is 0.800. The Bertz CT molecular complexity index is 444. The first kappa shape index (κ1) is 15.2. The average molecular weight is 278 g/mol. The van der Waals surface area contributed by atoms with E-state index in [0.717, 1.165) is 38.3 Å². The summed E-state index contributed by atoms with van der Waals surface area (Å²) >= 11 is 0. The van der Waals surface area contributed by atoms with Gasteiger partial charge in [-0.1, -0.05) is 13.8 Å². The zero-order chi connectivity index (χ0) is 14.6. The van der Waals surface area contributed by atoms with E-state index in [1.54, 1.807) is 6.33 Å². The molecule has 1 aromatic rings. The second kappa shape index (κ2) is 6.48. The molecule has 1 aliphatic rings. The van der Waals surface area contributed by atoms with Crippen molar-refractivity contribution in [3.8, 4) is 0 Å². The van der Waals surface area contributed by atoms with E-state index in [1.807, 2.05) is 11.6 Å². The van der Waals surface area contributed by atoms with Gasteiger partial charge in [0.25, 0.3) is 0 Å². The molecular weight excluding hydrogens is 252 g/mol. The number of likely N-dealkylation sites (tertiary alicyclic amines) is 1. The number of carbonyl (C=O) groups excluding carboxylic acids is 1. The van der Waals surface area contributed by atoms with Crippen LogP contribution in [0.1, 0.15) is 52.3 Å². The van der Waals surface area contributed by atoms with E-state index in [-0.39, 0.29) is 5.54 Å². The number of hydrogen-bond acceptors (Lipinski definition) is 4. The molecule has 2 rings (SSSR count). The van der Waals surface area contributed by atoms with Crippen LogP contribution in [0, 0.1) is 0 Å². The second-order valence-electron chi connectivity index (χ2n) is 5.52. The molecule has 0 spiro atoms. The molecule has 0 saturated carbocycles. The third-order valence-corrected chi connectivity index (χ3v) is 4.71. The van der Waals surface area contributed by atoms with Gasteiger partial charge in [0.1, 0.15) is 12.2 Å². The number of nitrogens with zero attached hydrogens (tertiary/aromatic N) is 4. The first-order valence-electron chi connectivity index (χ1n) is 7.83. The summed E-state index contributed by atoms with van der Waals surface area (Å²) in [6, 6.07) is 0. The van der Waals surface area contributed by atoms with Gasteiger partial charge in [-0.15, -0.1) is 0 Å². The lowest BCUT2D eigenvalue weighted by molar-refractivity contribution is -0.130. The molecule has 5 heteroatoms. The Morgan fingerprint density at radius 3 is 2.45 bits per heavy atom. The molecule has 1 saturated heterocycles. The van der Waals surface area contributed by atoms with Crippen LogP contribution < -0.4 is 0 Å². The lowest BCUT2D eigenvalue weighted by Gasteiger charge is -2.39. The maximum absolute atomic E-state index is 12.9. The number of rotatable bonds is 7. The number of Topliss-reactive ketones (excluding diaryl/α,β-unsaturated/α-hetero) is 1. The smallest absolute Gasteiger partial charge is 0.160 e. The molecule has 20 heavy (non-hydrogen) atoms. The molecule has 0 aromatic carbocycles. The first-order valence-corrected chi connectivity index (χ1v) is 7.83. The number of aromatic nitrogens is 3. The van der Waals surface area contributed by atoms with Crippen molar-refractivity contribution >= 4 is 5.78 Å². The molecular formula is C15H26N4O. The molecule has 2 heterocycles. The van der Waals surface area contributed by atoms with Crippen molar-refractivity contribution in [1.82, 2.24) is 19.7 Å². The van der Waals surface area contributed by atoms with Crippen LogP contribution >= 0.6 is 0 Å². The topological polar surface area (TPSA) is 51.0 Å². The maximum atomic E-state index is 12.9. The normalized spacial score (nSPS) is 16.8. The Kier molecular flexibility index (Phi) is 4.91. The zero-order valence-electron chi connectivity index (χ0n) is 12.9. The molecule has 0 bridgehead atoms. The molecule has 112 valence electrons. The van der Waals surface area contributed by atoms with E-state index in [4.69, 9.17) is 0 Å². The molecule has 0 atom stereocenters. The average Bonchev–Trinajstić information content (AvgIpc) is 3.12. The van der Waals surface area contributed by atoms with E-state index < -0.39 is 0 Å². The Balaban J connectivity index is 2.18. The van der Waals surface area contributed by atoms with E-state index in [0.29, 0.717) is 12.2 Å². The highest BCUT2D eigenvalue weighted by atomic mass is 16.1. The number of ketones is 1. The summed E-state index contributed by atoms with van der Waals surface area (Å²) in [7, 11) is 0. The van der Waals surface area contributed by atoms with Gasteiger partial charge in [-0.05, 0) is 45.7 Å². The van der Waals surface area contributed by atoms with Crippen molar-refractivity contribution in [2.45, 2.75) is 65.0 Å². The predicted octanol–water partition coefficient (Wildman–Crippen LogP) is 2.06. The molecule has 5 nitrogen and oxygen atoms in total. The van der Waals surface area contributed by atoms with E-state index in [1.165, 1.54) is 12.8 Å². The molecule has 1 fully saturated rings. The van der Waals surface area contributed by atoms with E-state index in [2.05, 4.69) is 28.8 Å². The summed E-state index contributed by atoms with van der Waals surface area (Å²) in [4.78, 5) is 19.6. The van der Waals surface area contributed by atoms with Gasteiger partial charge in [-0.2, -0.15) is 5.10 Å². The van der Waals surface area contributed by atoms with Crippen LogP contribution in [0.3, 0.4) is 0 Å². The highest BCUT2D eigenvalue weighted by Crippen LogP contribution is 2.30. The van der Waals surface area contributed by atoms with Gasteiger partial charge in [-0.3, -0.25) is 9.69 Å². The maximum Gasteiger partial charge on any atom is 0.160 e. The van der Waals surface area contributed by atoms with Crippen molar-refractivity contribution < 1.29 is 4.79 Å². The Morgan fingerprint density at radius 2 is 1.90 bits per heavy atom. The third-order valence-electron chi connectivity index (χ3n) is 4.71. The second-order valence-corrected chi connectivity index (χ2v) is 5.52. The molecule has 0 N–H and O–H groups in total. The summed E-state index contributed by atoms with van der Waals surface area (Å²) in [6.45, 7) is 9.14. The van der Waals surface area contributed by atoms with Crippen LogP contribution in [0.4, 0.5) is 0 Å². The first-order chi connectivity index (χ1) is 9.67. The lowest BCUT2D eigenvalue weighted by atomic mass is 9.84. The van der Waals surface area contributed by atoms with Gasteiger partial charge >= 0.3 is 0 Å². The molecule has 0 amide bonds. The van der Waals surface area contributed by atoms with Gasteiger partial charge in [0.2, 0.25) is 0 Å². The van der Waals surface area contributed by atoms with Crippen molar-refractivity contribution in [3.63, 3.8) is 0 Å². The van der Waals surface area contributed by atoms with Crippen molar-refractivity contribution in [2.24, 2.45) is 0 Å². The number of hydrogen-bond donors (Lipinski definition) is 0. The monoisotopic (exact) mass is 278 g/mol. The summed E-state index contributed by atoms with van der Waals surface area (Å²) < 4.78 is 1.82. The summed E-state index contributed by atoms with van der Waals surface area (Å²) in [5.74, 6) is 1.09. The fourth-order valence-corrected chi connectivity index (χ4v) is 3.41. The highest BCUT2D eigenvalue weighted by molar-refractivity contribution is 5.89. The van der Waals surface area contributed by atoms with Crippen LogP contribution in [-0.2, 0) is 17.8 Å². The quantitative estimate of drug-likeness (QED) is 0.766. The minimum atomic E-state index is -0.305. The van der Waals surface area contributed by atoms with Crippen molar-refractivity contribution in [1.29, 1.82) is 0 Å². The van der Waals surface area contributed by atoms with Crippen molar-refractivity contribution in [2.75, 3.05) is 13.1 Å². The van der Waals surface area contributed by atoms with Gasteiger partial charge in [0.15, 0.2) is 5.78 Å². The zero-order valence-corrected chi connectivity index (χ0v) is 12.9. The minimum absolute atomic E-state index is 0.298. The number of carbonyl (C=O) groups is 1. The van der Waals surface area contributed by atoms with Crippen LogP contribution in [0.25, 0.3) is 0 Å². The fourth-order valence-electron chi connectivity index (χ4n) is 3.41. The molecule has 0 radical (unpaired) electrons. The summed E-state index contributed by atoms with van der Waals surface area (Å²) in [5, 5.41) is 4.16. The Hall–Kier alpha value is -1.23. The Morgan fingerprint density at radius 1 is 1.25 bits per heavy atom. The predicted molar refractivity (Wildman–Crippen MR) is 78.5 cm³/mol. The number of aryl methyl sites for hydroxylation is 1. The van der Waals surface area contributed by atoms with Crippen molar-refractivity contribution in [3.05, 3.63) is 12.2 Å². The standard InChI is InChI=1S/C15H26N4O/c1-4-15(5-2,18-9-7-8-10-18)13(20)11-14-16-12-17-19(14)6-3/h12H,4-11H2,1-3H3. The molecule has 1 aromatic heterocycles. The SMILES string of the molecule is CCn1ncnc1CC(=O)C(CC)(CC)N1CCCC1. The molecule has 0 aliphatic carbocycles. The van der Waals surface area contributed by atoms with Gasteiger partial charge < -0.3 is 0 Å². The molecule has 1 aliphatic heterocycles. The van der Waals surface area contributed by atoms with Crippen LogP contribution in [0.15, 0.2) is 6.33 Å². The minimum Gasteiger partial charge on any atom is -0.297 e. The van der Waals surface area contributed by atoms with Crippen LogP contribution in [0.2, 0.25) is 0 Å². The largest absolute Gasteiger partial charge is 0.297 e. The van der Waals surface area contributed by atoms with E-state index >= 15 is 0 Å². The van der Waals surface area contributed by atoms with Crippen LogP contribution in [-0.4, -0.2) is 44.1 Å². The summed E-state index contributed by atoms with van der Waals surface area (Å²) in [6.07, 6.45) is 6.11. The molecule has 0 unspecified atom stereocenters. The lowest BCUT2D eigenvalue weighted by Crippen LogP contribution is -2.53. The van der Waals surface area contributed by atoms with Gasteiger partial charge in [0, 0.05) is 6.54 Å². The third kappa shape index (κ3) is 2.64. The van der Waals surface area contributed by atoms with Crippen LogP contribution in [0.5, 0.6) is 0 Å². The Labute approximate surface area is 121 Å².